The van der Waals surface area contributed by atoms with E-state index in [-0.39, 0.29) is 23.3 Å². The van der Waals surface area contributed by atoms with E-state index in [1.54, 1.807) is 0 Å². The molecule has 21 heavy (non-hydrogen) atoms. The van der Waals surface area contributed by atoms with E-state index in [9.17, 15) is 4.79 Å². The Hall–Kier alpha value is -0.430. The minimum Gasteiger partial charge on any atom is -0.377 e. The molecular weight excluding hydrogens is 400 g/mol. The van der Waals surface area contributed by atoms with Gasteiger partial charge in [0.05, 0.1) is 11.8 Å². The molecule has 3 unspecified atom stereocenters. The minimum absolute atomic E-state index is 0.0826. The van der Waals surface area contributed by atoms with Crippen LogP contribution in [-0.4, -0.2) is 24.2 Å². The molecule has 0 radical (unpaired) electrons. The number of anilines is 1. The van der Waals surface area contributed by atoms with Crippen LogP contribution in [-0.2, 0) is 9.53 Å². The zero-order chi connectivity index (χ0) is 15.4. The maximum absolute atomic E-state index is 12.8. The van der Waals surface area contributed by atoms with Crippen molar-refractivity contribution in [3.63, 3.8) is 0 Å². The summed E-state index contributed by atoms with van der Waals surface area (Å²) in [5.74, 6) is -0.0449. The molecule has 0 bridgehead atoms. The number of halogens is 2. The number of amides is 1. The predicted molar refractivity (Wildman–Crippen MR) is 89.0 cm³/mol. The summed E-state index contributed by atoms with van der Waals surface area (Å²) in [5, 5.41) is 2.97. The summed E-state index contributed by atoms with van der Waals surface area (Å²) in [4.78, 5) is 12.8. The number of carbonyl (C=O) groups excluding carboxylic acids is 1. The minimum atomic E-state index is -0.893. The first-order chi connectivity index (χ1) is 9.78. The second-order valence-electron chi connectivity index (χ2n) is 6.36. The first-order valence-electron chi connectivity index (χ1n) is 6.95. The number of hydrogen-bond acceptors (Lipinski definition) is 3. The van der Waals surface area contributed by atoms with Gasteiger partial charge in [0.25, 0.3) is 0 Å². The van der Waals surface area contributed by atoms with Crippen molar-refractivity contribution in [1.82, 2.24) is 0 Å². The molecule has 1 heterocycles. The molecule has 1 aromatic carbocycles. The van der Waals surface area contributed by atoms with E-state index in [0.717, 1.165) is 21.1 Å². The van der Waals surface area contributed by atoms with Crippen molar-refractivity contribution in [2.45, 2.75) is 31.9 Å². The maximum Gasteiger partial charge on any atom is 0.245 e. The number of fused-ring (bicyclic) bond motifs is 1. The molecule has 0 aromatic heterocycles. The van der Waals surface area contributed by atoms with E-state index < -0.39 is 5.54 Å². The third-order valence-corrected chi connectivity index (χ3v) is 6.19. The lowest BCUT2D eigenvalue weighted by Gasteiger charge is -2.60. The Morgan fingerprint density at radius 2 is 2.14 bits per heavy atom. The van der Waals surface area contributed by atoms with Crippen LogP contribution in [0.4, 0.5) is 5.69 Å². The third kappa shape index (κ3) is 2.11. The highest BCUT2D eigenvalue weighted by atomic mass is 79.9. The molecule has 3 rings (SSSR count). The van der Waals surface area contributed by atoms with Crippen LogP contribution in [0, 0.1) is 11.3 Å². The van der Waals surface area contributed by atoms with Gasteiger partial charge in [0, 0.05) is 26.9 Å². The standard InChI is InChI=1S/C15H18Br2N2O2/c1-14(2)12-9(5-6-21-12)15(14,18)13(20)19-11-7-8(16)3-4-10(11)17/h3-4,7,9,12H,5-6,18H2,1-2H3,(H,19,20). The summed E-state index contributed by atoms with van der Waals surface area (Å²) in [5.41, 5.74) is 5.99. The molecule has 1 amide bonds. The molecule has 2 fully saturated rings. The van der Waals surface area contributed by atoms with Gasteiger partial charge in [0.15, 0.2) is 0 Å². The highest BCUT2D eigenvalue weighted by Crippen LogP contribution is 2.58. The van der Waals surface area contributed by atoms with Crippen LogP contribution in [0.2, 0.25) is 0 Å². The van der Waals surface area contributed by atoms with E-state index in [1.807, 2.05) is 32.0 Å². The second-order valence-corrected chi connectivity index (χ2v) is 8.13. The van der Waals surface area contributed by atoms with Crippen LogP contribution >= 0.6 is 31.9 Å². The van der Waals surface area contributed by atoms with Crippen LogP contribution < -0.4 is 11.1 Å². The maximum atomic E-state index is 12.8. The molecule has 1 aromatic rings. The van der Waals surface area contributed by atoms with Crippen LogP contribution in [0.3, 0.4) is 0 Å². The van der Waals surface area contributed by atoms with Crippen molar-refractivity contribution in [3.05, 3.63) is 27.1 Å². The SMILES string of the molecule is CC1(C)C2OCCC2C1(N)C(=O)Nc1cc(Br)ccc1Br. The summed E-state index contributed by atoms with van der Waals surface area (Å²) in [6.07, 6.45) is 0.928. The predicted octanol–water partition coefficient (Wildman–Crippen LogP) is 3.29. The number of benzene rings is 1. The summed E-state index contributed by atoms with van der Waals surface area (Å²) >= 11 is 6.86. The quantitative estimate of drug-likeness (QED) is 0.775. The Balaban J connectivity index is 1.87. The van der Waals surface area contributed by atoms with Gasteiger partial charge in [-0.15, -0.1) is 0 Å². The van der Waals surface area contributed by atoms with E-state index in [4.69, 9.17) is 10.5 Å². The molecule has 6 heteroatoms. The molecule has 114 valence electrons. The molecule has 2 aliphatic rings. The lowest BCUT2D eigenvalue weighted by Crippen LogP contribution is -2.79. The molecule has 1 aliphatic heterocycles. The zero-order valence-electron chi connectivity index (χ0n) is 12.0. The largest absolute Gasteiger partial charge is 0.377 e. The molecule has 1 saturated heterocycles. The Kier molecular flexibility index (Phi) is 3.72. The number of rotatable bonds is 2. The zero-order valence-corrected chi connectivity index (χ0v) is 15.1. The molecular formula is C15H18Br2N2O2. The Labute approximate surface area is 141 Å². The van der Waals surface area contributed by atoms with Gasteiger partial charge >= 0.3 is 0 Å². The number of carbonyl (C=O) groups is 1. The molecule has 1 aliphatic carbocycles. The van der Waals surface area contributed by atoms with Gasteiger partial charge in [-0.05, 0) is 40.5 Å². The first kappa shape index (κ1) is 15.5. The third-order valence-electron chi connectivity index (χ3n) is 5.01. The average Bonchev–Trinajstić information content (AvgIpc) is 2.90. The van der Waals surface area contributed by atoms with Gasteiger partial charge < -0.3 is 15.8 Å². The van der Waals surface area contributed by atoms with Crippen LogP contribution in [0.5, 0.6) is 0 Å². The van der Waals surface area contributed by atoms with Gasteiger partial charge in [-0.2, -0.15) is 0 Å². The van der Waals surface area contributed by atoms with Crippen molar-refractivity contribution in [2.24, 2.45) is 17.1 Å². The lowest BCUT2D eigenvalue weighted by molar-refractivity contribution is -0.170. The number of nitrogens with two attached hydrogens (primary N) is 1. The summed E-state index contributed by atoms with van der Waals surface area (Å²) in [6.45, 7) is 4.70. The van der Waals surface area contributed by atoms with E-state index in [0.29, 0.717) is 6.61 Å². The van der Waals surface area contributed by atoms with Crippen LogP contribution in [0.25, 0.3) is 0 Å². The first-order valence-corrected chi connectivity index (χ1v) is 8.54. The Morgan fingerprint density at radius 3 is 2.86 bits per heavy atom. The monoisotopic (exact) mass is 416 g/mol. The fourth-order valence-corrected chi connectivity index (χ4v) is 4.37. The van der Waals surface area contributed by atoms with Crippen molar-refractivity contribution < 1.29 is 9.53 Å². The van der Waals surface area contributed by atoms with E-state index >= 15 is 0 Å². The molecule has 1 saturated carbocycles. The highest BCUT2D eigenvalue weighted by molar-refractivity contribution is 9.11. The van der Waals surface area contributed by atoms with Gasteiger partial charge in [-0.25, -0.2) is 0 Å². The molecule has 3 N–H and O–H groups in total. The topological polar surface area (TPSA) is 64.3 Å². The molecule has 3 atom stereocenters. The number of ether oxygens (including phenoxy) is 1. The van der Waals surface area contributed by atoms with E-state index in [1.165, 1.54) is 0 Å². The Morgan fingerprint density at radius 1 is 1.43 bits per heavy atom. The fraction of sp³-hybridized carbons (Fsp3) is 0.533. The highest BCUT2D eigenvalue weighted by Gasteiger charge is 2.71. The normalized spacial score (nSPS) is 33.2. The Bertz CT molecular complexity index is 605. The number of nitrogens with one attached hydrogen (secondary N) is 1. The van der Waals surface area contributed by atoms with Gasteiger partial charge in [0.1, 0.15) is 5.54 Å². The summed E-state index contributed by atoms with van der Waals surface area (Å²) < 4.78 is 7.47. The van der Waals surface area contributed by atoms with Gasteiger partial charge in [0.2, 0.25) is 5.91 Å². The fourth-order valence-electron chi connectivity index (χ4n) is 3.66. The summed E-state index contributed by atoms with van der Waals surface area (Å²) in [7, 11) is 0. The van der Waals surface area contributed by atoms with Crippen molar-refractivity contribution in [3.8, 4) is 0 Å². The van der Waals surface area contributed by atoms with Gasteiger partial charge in [-0.3, -0.25) is 4.79 Å². The van der Waals surface area contributed by atoms with E-state index in [2.05, 4.69) is 37.2 Å². The van der Waals surface area contributed by atoms with Crippen molar-refractivity contribution in [2.75, 3.05) is 11.9 Å². The number of hydrogen-bond donors (Lipinski definition) is 2. The van der Waals surface area contributed by atoms with Crippen LogP contribution in [0.15, 0.2) is 27.1 Å². The van der Waals surface area contributed by atoms with Crippen molar-refractivity contribution in [1.29, 1.82) is 0 Å². The molecule has 4 nitrogen and oxygen atoms in total. The second kappa shape index (κ2) is 5.05. The lowest BCUT2D eigenvalue weighted by atomic mass is 9.48. The summed E-state index contributed by atoms with van der Waals surface area (Å²) in [6, 6.07) is 5.65. The molecule has 0 spiro atoms. The van der Waals surface area contributed by atoms with Gasteiger partial charge in [-0.1, -0.05) is 29.8 Å². The van der Waals surface area contributed by atoms with Crippen molar-refractivity contribution >= 4 is 43.5 Å². The average molecular weight is 418 g/mol. The van der Waals surface area contributed by atoms with Crippen LogP contribution in [0.1, 0.15) is 20.3 Å². The smallest absolute Gasteiger partial charge is 0.245 e.